The van der Waals surface area contributed by atoms with Gasteiger partial charge in [-0.3, -0.25) is 14.4 Å². The molecule has 1 heterocycles. The van der Waals surface area contributed by atoms with Crippen molar-refractivity contribution in [1.29, 1.82) is 0 Å². The summed E-state index contributed by atoms with van der Waals surface area (Å²) in [5.74, 6) is -4.54. The number of nitrogens with one attached hydrogen (secondary N) is 2. The molecule has 0 spiro atoms. The predicted molar refractivity (Wildman–Crippen MR) is 123 cm³/mol. The van der Waals surface area contributed by atoms with E-state index in [1.165, 1.54) is 24.3 Å². The van der Waals surface area contributed by atoms with Crippen LogP contribution in [0.4, 0.5) is 0 Å². The molecule has 0 fully saturated rings. The molecule has 37 heavy (non-hydrogen) atoms. The monoisotopic (exact) mass is 516 g/mol. The first-order valence-corrected chi connectivity index (χ1v) is 11.0. The SMILES string of the molecule is O=C(O)CCC(=O)N[C@@H](Cc1ccc(OC(C(=O)O)C(=O)O)cc1)C(=O)NCc1ccc2c(c1)OCO2. The Morgan fingerprint density at radius 1 is 0.865 bits per heavy atom. The van der Waals surface area contributed by atoms with E-state index in [0.717, 1.165) is 5.56 Å². The standard InChI is InChI=1S/C24H24N2O11/c27-19(7-8-20(28)29)26-16(22(30)25-11-14-3-6-17-18(10-14)36-12-35-17)9-13-1-4-15(5-2-13)37-21(23(31)32)24(33)34/h1-6,10,16,21H,7-9,11-12H2,(H,25,30)(H,26,27)(H,28,29)(H,31,32)(H,33,34)/t16-/m0/s1. The maximum Gasteiger partial charge on any atom is 0.356 e. The van der Waals surface area contributed by atoms with Gasteiger partial charge in [0.1, 0.15) is 11.8 Å². The zero-order valence-electron chi connectivity index (χ0n) is 19.3. The lowest BCUT2D eigenvalue weighted by Gasteiger charge is -2.19. The van der Waals surface area contributed by atoms with Crippen molar-refractivity contribution < 1.29 is 53.5 Å². The molecular weight excluding hydrogens is 492 g/mol. The fourth-order valence-electron chi connectivity index (χ4n) is 3.34. The van der Waals surface area contributed by atoms with Crippen molar-refractivity contribution >= 4 is 29.7 Å². The molecule has 196 valence electrons. The Morgan fingerprint density at radius 2 is 1.51 bits per heavy atom. The summed E-state index contributed by atoms with van der Waals surface area (Å²) in [6.07, 6.45) is -2.81. The molecule has 0 aromatic heterocycles. The quantitative estimate of drug-likeness (QED) is 0.233. The van der Waals surface area contributed by atoms with Crippen LogP contribution >= 0.6 is 0 Å². The topological polar surface area (TPSA) is 198 Å². The van der Waals surface area contributed by atoms with Crippen molar-refractivity contribution in [3.8, 4) is 17.2 Å². The summed E-state index contributed by atoms with van der Waals surface area (Å²) in [6.45, 7) is 0.224. The second-order valence-electron chi connectivity index (χ2n) is 7.94. The third-order valence-electron chi connectivity index (χ3n) is 5.19. The van der Waals surface area contributed by atoms with Crippen molar-refractivity contribution in [1.82, 2.24) is 10.6 Å². The summed E-state index contributed by atoms with van der Waals surface area (Å²) >= 11 is 0. The summed E-state index contributed by atoms with van der Waals surface area (Å²) in [4.78, 5) is 58.0. The molecule has 13 heteroatoms. The number of carboxylic acids is 3. The smallest absolute Gasteiger partial charge is 0.356 e. The summed E-state index contributed by atoms with van der Waals surface area (Å²) in [5.41, 5.74) is 1.26. The van der Waals surface area contributed by atoms with E-state index in [4.69, 9.17) is 29.5 Å². The molecule has 1 aliphatic rings. The minimum atomic E-state index is -2.09. The van der Waals surface area contributed by atoms with Gasteiger partial charge in [0.15, 0.2) is 11.5 Å². The van der Waals surface area contributed by atoms with Crippen LogP contribution in [0.2, 0.25) is 0 Å². The molecule has 5 N–H and O–H groups in total. The first-order valence-electron chi connectivity index (χ1n) is 11.0. The van der Waals surface area contributed by atoms with E-state index in [2.05, 4.69) is 10.6 Å². The number of carboxylic acid groups (broad SMARTS) is 3. The third-order valence-corrected chi connectivity index (χ3v) is 5.19. The normalized spacial score (nSPS) is 12.5. The van der Waals surface area contributed by atoms with Gasteiger partial charge in [-0.15, -0.1) is 0 Å². The number of rotatable bonds is 13. The Morgan fingerprint density at radius 3 is 2.16 bits per heavy atom. The third kappa shape index (κ3) is 7.85. The van der Waals surface area contributed by atoms with E-state index in [1.807, 2.05) is 0 Å². The van der Waals surface area contributed by atoms with E-state index in [1.54, 1.807) is 18.2 Å². The zero-order valence-corrected chi connectivity index (χ0v) is 19.3. The highest BCUT2D eigenvalue weighted by molar-refractivity contribution is 5.96. The van der Waals surface area contributed by atoms with Crippen molar-refractivity contribution in [2.45, 2.75) is 38.0 Å². The Hall–Kier alpha value is -4.81. The van der Waals surface area contributed by atoms with Crippen molar-refractivity contribution in [2.24, 2.45) is 0 Å². The van der Waals surface area contributed by atoms with Gasteiger partial charge in [-0.25, -0.2) is 9.59 Å². The number of ether oxygens (including phenoxy) is 3. The number of fused-ring (bicyclic) bond motifs is 1. The molecule has 0 saturated carbocycles. The first-order chi connectivity index (χ1) is 17.6. The van der Waals surface area contributed by atoms with Crippen LogP contribution in [-0.2, 0) is 36.9 Å². The first kappa shape index (κ1) is 26.8. The lowest BCUT2D eigenvalue weighted by molar-refractivity contribution is -0.159. The highest BCUT2D eigenvalue weighted by atomic mass is 16.7. The van der Waals surface area contributed by atoms with Gasteiger partial charge >= 0.3 is 17.9 Å². The minimum absolute atomic E-state index is 0.00730. The molecule has 0 radical (unpaired) electrons. The summed E-state index contributed by atoms with van der Waals surface area (Å²) in [6, 6.07) is 9.74. The number of amides is 2. The summed E-state index contributed by atoms with van der Waals surface area (Å²) in [7, 11) is 0. The predicted octanol–water partition coefficient (Wildman–Crippen LogP) is 0.540. The van der Waals surface area contributed by atoms with Crippen LogP contribution in [0.5, 0.6) is 17.2 Å². The molecule has 1 aliphatic heterocycles. The van der Waals surface area contributed by atoms with Gasteiger partial charge < -0.3 is 40.2 Å². The lowest BCUT2D eigenvalue weighted by atomic mass is 10.0. The van der Waals surface area contributed by atoms with Gasteiger partial charge in [0.25, 0.3) is 6.10 Å². The Labute approximate surface area is 209 Å². The summed E-state index contributed by atoms with van der Waals surface area (Å²) in [5, 5.41) is 31.9. The number of benzene rings is 2. The molecule has 0 unspecified atom stereocenters. The Balaban J connectivity index is 1.67. The zero-order chi connectivity index (χ0) is 26.9. The van der Waals surface area contributed by atoms with Crippen LogP contribution in [0.15, 0.2) is 42.5 Å². The van der Waals surface area contributed by atoms with Crippen LogP contribution in [-0.4, -0.2) is 64.0 Å². The molecule has 0 saturated heterocycles. The molecule has 0 bridgehead atoms. The molecule has 2 aromatic carbocycles. The van der Waals surface area contributed by atoms with Gasteiger partial charge in [-0.1, -0.05) is 18.2 Å². The van der Waals surface area contributed by atoms with Gasteiger partial charge in [0.2, 0.25) is 18.6 Å². The van der Waals surface area contributed by atoms with Gasteiger partial charge in [0.05, 0.1) is 6.42 Å². The average molecular weight is 516 g/mol. The van der Waals surface area contributed by atoms with Crippen LogP contribution in [0.1, 0.15) is 24.0 Å². The molecule has 2 aromatic rings. The molecule has 1 atom stereocenters. The molecule has 13 nitrogen and oxygen atoms in total. The van der Waals surface area contributed by atoms with Gasteiger partial charge in [-0.2, -0.15) is 0 Å². The van der Waals surface area contributed by atoms with E-state index in [9.17, 15) is 24.0 Å². The van der Waals surface area contributed by atoms with Gasteiger partial charge in [0, 0.05) is 19.4 Å². The molecular formula is C24H24N2O11. The van der Waals surface area contributed by atoms with E-state index < -0.39 is 48.3 Å². The lowest BCUT2D eigenvalue weighted by Crippen LogP contribution is -2.47. The van der Waals surface area contributed by atoms with E-state index in [0.29, 0.717) is 17.1 Å². The number of carbonyl (C=O) groups is 5. The maximum atomic E-state index is 12.9. The number of hydrogen-bond acceptors (Lipinski definition) is 8. The average Bonchev–Trinajstić information content (AvgIpc) is 3.32. The highest BCUT2D eigenvalue weighted by Gasteiger charge is 2.28. The van der Waals surface area contributed by atoms with Crippen LogP contribution in [0, 0.1) is 0 Å². The number of carbonyl (C=O) groups excluding carboxylic acids is 2. The number of hydrogen-bond donors (Lipinski definition) is 5. The van der Waals surface area contributed by atoms with Gasteiger partial charge in [-0.05, 0) is 35.4 Å². The Kier molecular flexibility index (Phi) is 8.86. The van der Waals surface area contributed by atoms with Crippen molar-refractivity contribution in [3.63, 3.8) is 0 Å². The van der Waals surface area contributed by atoms with Crippen molar-refractivity contribution in [2.75, 3.05) is 6.79 Å². The Bertz CT molecular complexity index is 1170. The van der Waals surface area contributed by atoms with Crippen molar-refractivity contribution in [3.05, 3.63) is 53.6 Å². The van der Waals surface area contributed by atoms with Crippen LogP contribution in [0.25, 0.3) is 0 Å². The van der Waals surface area contributed by atoms with Crippen LogP contribution in [0.3, 0.4) is 0 Å². The maximum absolute atomic E-state index is 12.9. The van der Waals surface area contributed by atoms with E-state index in [-0.39, 0.29) is 31.9 Å². The second kappa shape index (κ2) is 12.2. The molecule has 0 aliphatic carbocycles. The minimum Gasteiger partial charge on any atom is -0.481 e. The number of aliphatic carboxylic acids is 3. The van der Waals surface area contributed by atoms with E-state index >= 15 is 0 Å². The fourth-order valence-corrected chi connectivity index (χ4v) is 3.34. The molecule has 2 amide bonds. The van der Waals surface area contributed by atoms with Crippen LogP contribution < -0.4 is 24.8 Å². The fraction of sp³-hybridized carbons (Fsp3) is 0.292. The second-order valence-corrected chi connectivity index (χ2v) is 7.94. The summed E-state index contributed by atoms with van der Waals surface area (Å²) < 4.78 is 15.5. The largest absolute Gasteiger partial charge is 0.481 e. The highest BCUT2D eigenvalue weighted by Crippen LogP contribution is 2.32. The molecule has 3 rings (SSSR count).